The van der Waals surface area contributed by atoms with Crippen LogP contribution in [0.3, 0.4) is 0 Å². The van der Waals surface area contributed by atoms with Crippen LogP contribution in [0.4, 0.5) is 5.69 Å². The highest BCUT2D eigenvalue weighted by molar-refractivity contribution is 14.0. The van der Waals surface area contributed by atoms with Crippen LogP contribution in [0.2, 0.25) is 0 Å². The van der Waals surface area contributed by atoms with Crippen LogP contribution in [0, 0.1) is 0 Å². The maximum absolute atomic E-state index is 5.93. The van der Waals surface area contributed by atoms with Crippen LogP contribution >= 0.6 is 39.9 Å². The van der Waals surface area contributed by atoms with Crippen LogP contribution < -0.4 is 25.3 Å². The SMILES string of the molecule is COc1ccc(NC(N)=NCc2cc(Br)c(OC)c(OC)c2)cc1.I. The van der Waals surface area contributed by atoms with Crippen molar-refractivity contribution in [3.63, 3.8) is 0 Å². The number of rotatable bonds is 6. The van der Waals surface area contributed by atoms with Crippen LogP contribution in [0.25, 0.3) is 0 Å². The first kappa shape index (κ1) is 21.4. The summed E-state index contributed by atoms with van der Waals surface area (Å²) in [6.45, 7) is 0.411. The van der Waals surface area contributed by atoms with Crippen molar-refractivity contribution >= 4 is 51.6 Å². The predicted octanol–water partition coefficient (Wildman–Crippen LogP) is 4.02. The van der Waals surface area contributed by atoms with Crippen molar-refractivity contribution in [2.45, 2.75) is 6.54 Å². The number of methoxy groups -OCH3 is 3. The van der Waals surface area contributed by atoms with Crippen molar-refractivity contribution < 1.29 is 14.2 Å². The van der Waals surface area contributed by atoms with E-state index < -0.39 is 0 Å². The molecule has 0 amide bonds. The van der Waals surface area contributed by atoms with Crippen molar-refractivity contribution in [1.29, 1.82) is 0 Å². The van der Waals surface area contributed by atoms with Gasteiger partial charge in [0.15, 0.2) is 17.5 Å². The van der Waals surface area contributed by atoms with Gasteiger partial charge in [-0.15, -0.1) is 24.0 Å². The number of guanidine groups is 1. The quantitative estimate of drug-likeness (QED) is 0.341. The summed E-state index contributed by atoms with van der Waals surface area (Å²) in [6.07, 6.45) is 0. The van der Waals surface area contributed by atoms with Crippen LogP contribution in [0.5, 0.6) is 17.2 Å². The summed E-state index contributed by atoms with van der Waals surface area (Å²) < 4.78 is 16.5. The van der Waals surface area contributed by atoms with Gasteiger partial charge < -0.3 is 25.3 Å². The fourth-order valence-electron chi connectivity index (χ4n) is 2.10. The number of nitrogens with two attached hydrogens (primary N) is 1. The van der Waals surface area contributed by atoms with Crippen molar-refractivity contribution in [2.24, 2.45) is 10.7 Å². The fourth-order valence-corrected chi connectivity index (χ4v) is 2.75. The van der Waals surface area contributed by atoms with Crippen LogP contribution in [0.15, 0.2) is 45.9 Å². The molecule has 0 aliphatic heterocycles. The molecule has 0 saturated carbocycles. The number of nitrogens with zero attached hydrogens (tertiary/aromatic N) is 1. The predicted molar refractivity (Wildman–Crippen MR) is 115 cm³/mol. The molecule has 0 aliphatic carbocycles. The Balaban J connectivity index is 0.00000312. The van der Waals surface area contributed by atoms with Gasteiger partial charge >= 0.3 is 0 Å². The molecule has 3 N–H and O–H groups in total. The number of benzene rings is 2. The second-order valence-corrected chi connectivity index (χ2v) is 5.72. The Morgan fingerprint density at radius 3 is 2.32 bits per heavy atom. The summed E-state index contributed by atoms with van der Waals surface area (Å²) in [5.41, 5.74) is 7.71. The molecule has 2 aromatic carbocycles. The summed E-state index contributed by atoms with van der Waals surface area (Å²) >= 11 is 3.46. The molecule has 0 unspecified atom stereocenters. The van der Waals surface area contributed by atoms with Gasteiger partial charge in [0.05, 0.1) is 32.3 Å². The molecule has 0 saturated heterocycles. The summed E-state index contributed by atoms with van der Waals surface area (Å²) in [4.78, 5) is 4.34. The van der Waals surface area contributed by atoms with Gasteiger partial charge in [0.2, 0.25) is 0 Å². The number of nitrogens with one attached hydrogen (secondary N) is 1. The van der Waals surface area contributed by atoms with E-state index in [0.29, 0.717) is 24.0 Å². The Kier molecular flexibility index (Phi) is 8.84. The molecule has 0 radical (unpaired) electrons. The Morgan fingerprint density at radius 2 is 1.76 bits per heavy atom. The molecule has 0 bridgehead atoms. The molecule has 0 heterocycles. The van der Waals surface area contributed by atoms with Gasteiger partial charge in [0, 0.05) is 5.69 Å². The fraction of sp³-hybridized carbons (Fsp3) is 0.235. The summed E-state index contributed by atoms with van der Waals surface area (Å²) in [5, 5.41) is 3.03. The van der Waals surface area contributed by atoms with Gasteiger partial charge in [-0.3, -0.25) is 0 Å². The number of anilines is 1. The van der Waals surface area contributed by atoms with Gasteiger partial charge in [-0.1, -0.05) is 0 Å². The minimum Gasteiger partial charge on any atom is -0.497 e. The van der Waals surface area contributed by atoms with E-state index in [0.717, 1.165) is 21.5 Å². The highest BCUT2D eigenvalue weighted by Crippen LogP contribution is 2.36. The van der Waals surface area contributed by atoms with E-state index in [4.69, 9.17) is 19.9 Å². The van der Waals surface area contributed by atoms with E-state index in [1.54, 1.807) is 21.3 Å². The third-order valence-corrected chi connectivity index (χ3v) is 3.88. The number of halogens is 2. The Labute approximate surface area is 172 Å². The van der Waals surface area contributed by atoms with E-state index in [2.05, 4.69) is 26.2 Å². The molecule has 0 aliphatic rings. The summed E-state index contributed by atoms with van der Waals surface area (Å²) in [6, 6.07) is 11.2. The molecule has 8 heteroatoms. The first-order chi connectivity index (χ1) is 11.6. The lowest BCUT2D eigenvalue weighted by atomic mass is 10.2. The second-order valence-electron chi connectivity index (χ2n) is 4.87. The van der Waals surface area contributed by atoms with Crippen LogP contribution in [0.1, 0.15) is 5.56 Å². The van der Waals surface area contributed by atoms with Gasteiger partial charge in [-0.2, -0.15) is 0 Å². The van der Waals surface area contributed by atoms with E-state index in [1.807, 2.05) is 36.4 Å². The molecule has 2 aromatic rings. The normalized spacial score (nSPS) is 10.6. The molecule has 136 valence electrons. The third kappa shape index (κ3) is 5.96. The van der Waals surface area contributed by atoms with Crippen LogP contribution in [-0.4, -0.2) is 27.3 Å². The van der Waals surface area contributed by atoms with Crippen molar-refractivity contribution in [3.05, 3.63) is 46.4 Å². The lowest BCUT2D eigenvalue weighted by molar-refractivity contribution is 0.352. The molecule has 6 nitrogen and oxygen atoms in total. The third-order valence-electron chi connectivity index (χ3n) is 3.29. The van der Waals surface area contributed by atoms with Gasteiger partial charge in [-0.05, 0) is 57.9 Å². The molecule has 0 fully saturated rings. The van der Waals surface area contributed by atoms with Crippen molar-refractivity contribution in [3.8, 4) is 17.2 Å². The lowest BCUT2D eigenvalue weighted by Crippen LogP contribution is -2.22. The minimum absolute atomic E-state index is 0. The molecule has 25 heavy (non-hydrogen) atoms. The smallest absolute Gasteiger partial charge is 0.193 e. The zero-order valence-corrected chi connectivity index (χ0v) is 18.1. The zero-order valence-electron chi connectivity index (χ0n) is 14.2. The first-order valence-corrected chi connectivity index (χ1v) is 7.98. The summed E-state index contributed by atoms with van der Waals surface area (Å²) in [7, 11) is 4.81. The van der Waals surface area contributed by atoms with E-state index in [9.17, 15) is 0 Å². The number of ether oxygens (including phenoxy) is 3. The van der Waals surface area contributed by atoms with Gasteiger partial charge in [0.1, 0.15) is 5.75 Å². The Hall–Kier alpha value is -1.68. The van der Waals surface area contributed by atoms with E-state index in [-0.39, 0.29) is 24.0 Å². The molecule has 0 aromatic heterocycles. The lowest BCUT2D eigenvalue weighted by Gasteiger charge is -2.11. The van der Waals surface area contributed by atoms with Crippen LogP contribution in [-0.2, 0) is 6.54 Å². The zero-order chi connectivity index (χ0) is 17.5. The molecule has 0 atom stereocenters. The molecular formula is C17H21BrIN3O3. The van der Waals surface area contributed by atoms with Gasteiger partial charge in [-0.25, -0.2) is 4.99 Å². The van der Waals surface area contributed by atoms with E-state index >= 15 is 0 Å². The second kappa shape index (κ2) is 10.3. The molecule has 2 rings (SSSR count). The van der Waals surface area contributed by atoms with E-state index in [1.165, 1.54) is 0 Å². The molecular weight excluding hydrogens is 501 g/mol. The van der Waals surface area contributed by atoms with Crippen molar-refractivity contribution in [2.75, 3.05) is 26.6 Å². The summed E-state index contributed by atoms with van der Waals surface area (Å²) in [5.74, 6) is 2.39. The maximum Gasteiger partial charge on any atom is 0.193 e. The first-order valence-electron chi connectivity index (χ1n) is 7.18. The average Bonchev–Trinajstić information content (AvgIpc) is 2.60. The largest absolute Gasteiger partial charge is 0.497 e. The monoisotopic (exact) mass is 521 g/mol. The van der Waals surface area contributed by atoms with Gasteiger partial charge in [0.25, 0.3) is 0 Å². The molecule has 0 spiro atoms. The van der Waals surface area contributed by atoms with Crippen molar-refractivity contribution in [1.82, 2.24) is 0 Å². The number of hydrogen-bond donors (Lipinski definition) is 2. The number of aliphatic imine (C=N–C) groups is 1. The highest BCUT2D eigenvalue weighted by atomic mass is 127. The maximum atomic E-state index is 5.93. The Bertz CT molecular complexity index is 724. The topological polar surface area (TPSA) is 78.1 Å². The standard InChI is InChI=1S/C17H20BrN3O3.HI/c1-22-13-6-4-12(5-7-13)21-17(19)20-10-11-8-14(18)16(24-3)15(9-11)23-2;/h4-9H,10H2,1-3H3,(H3,19,20,21);1H. The minimum atomic E-state index is 0. The highest BCUT2D eigenvalue weighted by Gasteiger charge is 2.10. The number of hydrogen-bond acceptors (Lipinski definition) is 4. The average molecular weight is 522 g/mol. The Morgan fingerprint density at radius 1 is 1.08 bits per heavy atom.